The van der Waals surface area contributed by atoms with E-state index in [-0.39, 0.29) is 70.7 Å². The summed E-state index contributed by atoms with van der Waals surface area (Å²) in [5, 5.41) is 38.6. The Morgan fingerprint density at radius 2 is 1.42 bits per heavy atom. The second-order valence-corrected chi connectivity index (χ2v) is 14.6. The first-order valence-corrected chi connectivity index (χ1v) is 18.9. The second-order valence-electron chi connectivity index (χ2n) is 13.5. The van der Waals surface area contributed by atoms with Crippen molar-refractivity contribution in [2.75, 3.05) is 64.4 Å². The van der Waals surface area contributed by atoms with Crippen molar-refractivity contribution in [2.45, 2.75) is 43.2 Å². The predicted molar refractivity (Wildman–Crippen MR) is 222 cm³/mol. The van der Waals surface area contributed by atoms with Crippen LogP contribution in [0, 0.1) is 20.8 Å². The van der Waals surface area contributed by atoms with Crippen molar-refractivity contribution in [1.29, 1.82) is 0 Å². The van der Waals surface area contributed by atoms with Crippen molar-refractivity contribution in [2.24, 2.45) is 0 Å². The zero-order valence-electron chi connectivity index (χ0n) is 32.7. The average molecular weight is 885 g/mol. The van der Waals surface area contributed by atoms with Crippen molar-refractivity contribution >= 4 is 66.2 Å². The highest BCUT2D eigenvalue weighted by molar-refractivity contribution is 7.99. The molecule has 0 radical (unpaired) electrons. The number of carbonyl (C=O) groups is 3. The summed E-state index contributed by atoms with van der Waals surface area (Å²) >= 11 is 1.53. The van der Waals surface area contributed by atoms with Gasteiger partial charge in [0.2, 0.25) is 0 Å². The van der Waals surface area contributed by atoms with E-state index in [9.17, 15) is 42.9 Å². The molecule has 0 saturated carbocycles. The van der Waals surface area contributed by atoms with Gasteiger partial charge in [-0.2, -0.15) is 13.2 Å². The summed E-state index contributed by atoms with van der Waals surface area (Å²) in [5.74, 6) is -3.38. The molecule has 0 spiro atoms. The first kappa shape index (κ1) is 48.7. The SMILES string of the molecule is COc1cc(C)c(C(=O)Oc2cc(C)c(O)c(C(=O)O)c2C)c(O)c1C=O.Cl.Cl.OCCN1CCN(CCCN2c3ccccc3Sc3ccc(C(F)(F)F)cc32)CC1. The number of aliphatic hydroxyl groups is 1. The number of hydrogen-bond donors (Lipinski definition) is 4. The number of hydrogen-bond acceptors (Lipinski definition) is 12. The molecule has 1 fully saturated rings. The van der Waals surface area contributed by atoms with Gasteiger partial charge in [0.25, 0.3) is 0 Å². The zero-order chi connectivity index (χ0) is 41.6. The lowest BCUT2D eigenvalue weighted by atomic mass is 10.0. The number of carboxylic acids is 1. The number of β-amino-alcohol motifs (C(OH)–C–C–N with tert-alkyl or cyclic N) is 1. The molecule has 59 heavy (non-hydrogen) atoms. The summed E-state index contributed by atoms with van der Waals surface area (Å²) in [6, 6.07) is 14.7. The van der Waals surface area contributed by atoms with Gasteiger partial charge in [0.15, 0.2) is 6.29 Å². The molecule has 4 N–H and O–H groups in total. The number of anilines is 2. The molecular weight excluding hydrogens is 838 g/mol. The van der Waals surface area contributed by atoms with E-state index < -0.39 is 35.2 Å². The highest BCUT2D eigenvalue weighted by Gasteiger charge is 2.33. The number of aromatic carboxylic acids is 1. The first-order chi connectivity index (χ1) is 27.1. The Balaban J connectivity index is 0.000000307. The van der Waals surface area contributed by atoms with E-state index in [1.807, 2.05) is 29.2 Å². The number of ether oxygens (including phenoxy) is 2. The number of piperazine rings is 1. The van der Waals surface area contributed by atoms with E-state index in [1.165, 1.54) is 63.9 Å². The minimum Gasteiger partial charge on any atom is -0.507 e. The molecule has 6 rings (SSSR count). The number of phenolic OH excluding ortho intramolecular Hbond substituents is 1. The van der Waals surface area contributed by atoms with Gasteiger partial charge in [-0.15, -0.1) is 24.8 Å². The van der Waals surface area contributed by atoms with E-state index in [0.717, 1.165) is 54.6 Å². The molecule has 0 aromatic heterocycles. The van der Waals surface area contributed by atoms with Gasteiger partial charge >= 0.3 is 18.1 Å². The predicted octanol–water partition coefficient (Wildman–Crippen LogP) is 7.91. The molecule has 18 heteroatoms. The minimum absolute atomic E-state index is 0. The minimum atomic E-state index is -4.35. The van der Waals surface area contributed by atoms with Crippen LogP contribution < -0.4 is 14.4 Å². The van der Waals surface area contributed by atoms with Crippen LogP contribution >= 0.6 is 36.6 Å². The number of halogens is 5. The molecule has 0 aliphatic carbocycles. The van der Waals surface area contributed by atoms with Crippen LogP contribution in [-0.2, 0) is 6.18 Å². The number of methoxy groups -OCH3 is 1. The number of nitrogens with zero attached hydrogens (tertiary/aromatic N) is 3. The molecule has 2 aliphatic heterocycles. The number of rotatable bonds is 11. The summed E-state index contributed by atoms with van der Waals surface area (Å²) in [7, 11) is 1.31. The standard InChI is InChI=1S/C22H26F3N3OS.C19H18O8.2ClH/c23-22(24,25)17-6-7-21-19(16-17)28(18-4-1-2-5-20(18)30-21)9-3-8-26-10-12-27(13-11-26)14-15-29;1-8-5-13(26-4)11(7-20)17(22)14(8)19(25)27-12-6-9(2)16(21)15(10(12)3)18(23)24;;/h1-2,4-7,16,29H,3,8-15H2;5-7,21-22H,1-4H3,(H,23,24);2*1H. The lowest BCUT2D eigenvalue weighted by molar-refractivity contribution is -0.137. The van der Waals surface area contributed by atoms with Crippen LogP contribution in [0.5, 0.6) is 23.0 Å². The number of aliphatic hydroxyl groups excluding tert-OH is 1. The Kier molecular flexibility index (Phi) is 17.3. The number of benzene rings is 4. The van der Waals surface area contributed by atoms with Crippen molar-refractivity contribution in [1.82, 2.24) is 9.80 Å². The van der Waals surface area contributed by atoms with Crippen molar-refractivity contribution in [3.8, 4) is 23.0 Å². The van der Waals surface area contributed by atoms with Crippen LogP contribution in [0.3, 0.4) is 0 Å². The summed E-state index contributed by atoms with van der Waals surface area (Å²) in [6.45, 7) is 10.6. The largest absolute Gasteiger partial charge is 0.507 e. The number of aromatic hydroxyl groups is 2. The number of fused-ring (bicyclic) bond motifs is 2. The molecule has 2 heterocycles. The fourth-order valence-corrected chi connectivity index (χ4v) is 7.87. The summed E-state index contributed by atoms with van der Waals surface area (Å²) in [6.07, 6.45) is -3.13. The topological polar surface area (TPSA) is 160 Å². The lowest BCUT2D eigenvalue weighted by Gasteiger charge is -2.36. The number of alkyl halides is 3. The lowest BCUT2D eigenvalue weighted by Crippen LogP contribution is -2.47. The maximum Gasteiger partial charge on any atom is 0.416 e. The molecular formula is C41H46Cl2F3N3O9S. The second kappa shape index (κ2) is 21.0. The molecule has 2 aliphatic rings. The van der Waals surface area contributed by atoms with Crippen LogP contribution in [0.15, 0.2) is 64.4 Å². The summed E-state index contributed by atoms with van der Waals surface area (Å²) in [4.78, 5) is 43.8. The number of aldehydes is 1. The Morgan fingerprint density at radius 3 is 2.02 bits per heavy atom. The summed E-state index contributed by atoms with van der Waals surface area (Å²) < 4.78 is 50.2. The quantitative estimate of drug-likeness (QED) is 0.0655. The number of esters is 1. The Morgan fingerprint density at radius 1 is 0.814 bits per heavy atom. The zero-order valence-corrected chi connectivity index (χ0v) is 35.1. The van der Waals surface area contributed by atoms with Gasteiger partial charge < -0.3 is 39.7 Å². The van der Waals surface area contributed by atoms with Crippen LogP contribution in [0.4, 0.5) is 24.5 Å². The fraction of sp³-hybridized carbons (Fsp3) is 0.341. The normalized spacial score (nSPS) is 13.7. The Hall–Kier alpha value is -4.71. The third kappa shape index (κ3) is 11.1. The third-order valence-electron chi connectivity index (χ3n) is 9.85. The maximum atomic E-state index is 13.3. The average Bonchev–Trinajstić information content (AvgIpc) is 3.17. The first-order valence-electron chi connectivity index (χ1n) is 18.0. The molecule has 1 saturated heterocycles. The van der Waals surface area contributed by atoms with Crippen LogP contribution in [-0.4, -0.2) is 108 Å². The molecule has 0 bridgehead atoms. The van der Waals surface area contributed by atoms with Gasteiger partial charge in [-0.05, 0) is 87.3 Å². The van der Waals surface area contributed by atoms with Gasteiger partial charge in [-0.1, -0.05) is 23.9 Å². The van der Waals surface area contributed by atoms with Crippen LogP contribution in [0.2, 0.25) is 0 Å². The maximum absolute atomic E-state index is 13.3. The van der Waals surface area contributed by atoms with Gasteiger partial charge in [0, 0.05) is 54.6 Å². The monoisotopic (exact) mass is 883 g/mol. The molecule has 0 atom stereocenters. The van der Waals surface area contributed by atoms with Gasteiger partial charge in [0.1, 0.15) is 34.1 Å². The van der Waals surface area contributed by atoms with Gasteiger partial charge in [-0.25, -0.2) is 9.59 Å². The number of phenols is 2. The van der Waals surface area contributed by atoms with E-state index in [4.69, 9.17) is 14.6 Å². The third-order valence-corrected chi connectivity index (χ3v) is 11.0. The van der Waals surface area contributed by atoms with Crippen molar-refractivity contribution in [3.05, 3.63) is 93.5 Å². The number of aryl methyl sites for hydroxylation is 2. The van der Waals surface area contributed by atoms with E-state index in [2.05, 4.69) is 9.80 Å². The Bertz CT molecular complexity index is 2150. The van der Waals surface area contributed by atoms with Gasteiger partial charge in [0.05, 0.1) is 36.2 Å². The van der Waals surface area contributed by atoms with Gasteiger partial charge in [-0.3, -0.25) is 9.69 Å². The van der Waals surface area contributed by atoms with E-state index in [1.54, 1.807) is 6.07 Å². The molecule has 0 unspecified atom stereocenters. The Labute approximate surface area is 356 Å². The van der Waals surface area contributed by atoms with Crippen molar-refractivity contribution < 1.29 is 57.5 Å². The molecule has 320 valence electrons. The molecule has 4 aromatic rings. The van der Waals surface area contributed by atoms with Crippen LogP contribution in [0.1, 0.15) is 59.7 Å². The molecule has 0 amide bonds. The highest BCUT2D eigenvalue weighted by Crippen LogP contribution is 2.49. The van der Waals surface area contributed by atoms with E-state index >= 15 is 0 Å². The van der Waals surface area contributed by atoms with Crippen molar-refractivity contribution in [3.63, 3.8) is 0 Å². The highest BCUT2D eigenvalue weighted by atomic mass is 35.5. The fourth-order valence-electron chi connectivity index (χ4n) is 6.79. The molecule has 12 nitrogen and oxygen atoms in total. The number of carbonyl (C=O) groups excluding carboxylic acids is 2. The van der Waals surface area contributed by atoms with Crippen LogP contribution in [0.25, 0.3) is 0 Å². The number of para-hydroxylation sites is 1. The number of carboxylic acid groups (broad SMARTS) is 1. The van der Waals surface area contributed by atoms with E-state index in [0.29, 0.717) is 30.6 Å². The summed E-state index contributed by atoms with van der Waals surface area (Å²) in [5.41, 5.74) is 0.702. The molecule has 4 aromatic carbocycles. The smallest absolute Gasteiger partial charge is 0.416 e.